The van der Waals surface area contributed by atoms with Gasteiger partial charge in [0.15, 0.2) is 5.78 Å². The Morgan fingerprint density at radius 2 is 1.69 bits per heavy atom. The van der Waals surface area contributed by atoms with Crippen LogP contribution in [0, 0.1) is 0 Å². The smallest absolute Gasteiger partial charge is 0.185 e. The van der Waals surface area contributed by atoms with Crippen LogP contribution in [0.15, 0.2) is 54.6 Å². The maximum atomic E-state index is 12.2. The summed E-state index contributed by atoms with van der Waals surface area (Å²) in [5, 5.41) is 0. The molecule has 4 nitrogen and oxygen atoms in total. The van der Waals surface area contributed by atoms with Crippen molar-refractivity contribution in [2.24, 2.45) is 0 Å². The molecule has 0 spiro atoms. The molecule has 0 aliphatic heterocycles. The number of hydrogen-bond donors (Lipinski definition) is 0. The molecule has 0 amide bonds. The van der Waals surface area contributed by atoms with Gasteiger partial charge in [0.1, 0.15) is 19.0 Å². The zero-order valence-electron chi connectivity index (χ0n) is 15.2. The molecule has 5 heteroatoms. The first-order valence-electron chi connectivity index (χ1n) is 8.46. The number of carbonyl (C=O) groups excluding carboxylic acids is 1. The third-order valence-electron chi connectivity index (χ3n) is 3.69. The summed E-state index contributed by atoms with van der Waals surface area (Å²) >= 11 is 0. The fourth-order valence-electron chi connectivity index (χ4n) is 2.24. The average Bonchev–Trinajstić information content (AvgIpc) is 2.66. The van der Waals surface area contributed by atoms with Crippen molar-refractivity contribution in [1.29, 1.82) is 0 Å². The number of hydrogen-bond acceptors (Lipinski definition) is 4. The van der Waals surface area contributed by atoms with Gasteiger partial charge in [-0.25, -0.2) is 4.39 Å². The summed E-state index contributed by atoms with van der Waals surface area (Å²) < 4.78 is 22.3. The number of ketones is 1. The third kappa shape index (κ3) is 6.33. The lowest BCUT2D eigenvalue weighted by Gasteiger charge is -2.11. The van der Waals surface area contributed by atoms with Crippen LogP contribution in [-0.2, 0) is 4.74 Å². The van der Waals surface area contributed by atoms with Gasteiger partial charge in [0, 0.05) is 25.3 Å². The highest BCUT2D eigenvalue weighted by Gasteiger charge is 2.03. The molecule has 0 bridgehead atoms. The standard InChI is InChI=1S/C21H24FNO3/c1-23(2)19-8-3-17(4-9-19)5-12-21(24)18-6-10-20(11-7-18)26-16-15-25-14-13-22/h3-12H,13-16H2,1-2H3/b12-5+. The van der Waals surface area contributed by atoms with E-state index in [1.54, 1.807) is 36.4 Å². The monoisotopic (exact) mass is 357 g/mol. The molecule has 0 unspecified atom stereocenters. The van der Waals surface area contributed by atoms with Crippen LogP contribution in [0.4, 0.5) is 10.1 Å². The second kappa shape index (κ2) is 10.4. The molecular formula is C21H24FNO3. The lowest BCUT2D eigenvalue weighted by Crippen LogP contribution is -2.08. The highest BCUT2D eigenvalue weighted by atomic mass is 19.1. The number of ether oxygens (including phenoxy) is 2. The molecule has 2 aromatic rings. The van der Waals surface area contributed by atoms with Gasteiger partial charge in [0.05, 0.1) is 13.2 Å². The number of alkyl halides is 1. The molecule has 0 saturated heterocycles. The summed E-state index contributed by atoms with van der Waals surface area (Å²) in [6.45, 7) is 0.265. The van der Waals surface area contributed by atoms with Crippen molar-refractivity contribution in [1.82, 2.24) is 0 Å². The van der Waals surface area contributed by atoms with E-state index in [4.69, 9.17) is 9.47 Å². The Kier molecular flexibility index (Phi) is 7.83. The first kappa shape index (κ1) is 19.7. The van der Waals surface area contributed by atoms with Gasteiger partial charge in [-0.2, -0.15) is 0 Å². The van der Waals surface area contributed by atoms with Crippen molar-refractivity contribution in [3.63, 3.8) is 0 Å². The fraction of sp³-hybridized carbons (Fsp3) is 0.286. The van der Waals surface area contributed by atoms with Crippen molar-refractivity contribution < 1.29 is 18.7 Å². The highest BCUT2D eigenvalue weighted by molar-refractivity contribution is 6.06. The number of carbonyl (C=O) groups is 1. The lowest BCUT2D eigenvalue weighted by atomic mass is 10.1. The Hall–Kier alpha value is -2.66. The van der Waals surface area contributed by atoms with Crippen molar-refractivity contribution in [2.75, 3.05) is 45.5 Å². The predicted molar refractivity (Wildman–Crippen MR) is 103 cm³/mol. The Labute approximate surface area is 153 Å². The number of halogens is 1. The molecule has 0 heterocycles. The summed E-state index contributed by atoms with van der Waals surface area (Å²) in [5.74, 6) is 0.577. The average molecular weight is 357 g/mol. The van der Waals surface area contributed by atoms with Crippen molar-refractivity contribution >= 4 is 17.5 Å². The van der Waals surface area contributed by atoms with Crippen LogP contribution in [-0.4, -0.2) is 46.4 Å². The van der Waals surface area contributed by atoms with E-state index in [9.17, 15) is 9.18 Å². The normalized spacial score (nSPS) is 10.9. The van der Waals surface area contributed by atoms with Crippen LogP contribution in [0.3, 0.4) is 0 Å². The van der Waals surface area contributed by atoms with Gasteiger partial charge in [-0.05, 0) is 48.0 Å². The number of allylic oxidation sites excluding steroid dienone is 1. The molecule has 2 aromatic carbocycles. The first-order valence-corrected chi connectivity index (χ1v) is 8.46. The number of rotatable bonds is 10. The van der Waals surface area contributed by atoms with Crippen LogP contribution >= 0.6 is 0 Å². The maximum Gasteiger partial charge on any atom is 0.185 e. The minimum Gasteiger partial charge on any atom is -0.491 e. The zero-order chi connectivity index (χ0) is 18.8. The molecule has 0 fully saturated rings. The molecule has 0 aromatic heterocycles. The van der Waals surface area contributed by atoms with E-state index in [-0.39, 0.29) is 12.4 Å². The van der Waals surface area contributed by atoms with Gasteiger partial charge in [-0.1, -0.05) is 18.2 Å². The van der Waals surface area contributed by atoms with Crippen molar-refractivity contribution in [3.05, 3.63) is 65.7 Å². The summed E-state index contributed by atoms with van der Waals surface area (Å²) in [4.78, 5) is 14.3. The largest absolute Gasteiger partial charge is 0.491 e. The number of nitrogens with zero attached hydrogens (tertiary/aromatic N) is 1. The third-order valence-corrected chi connectivity index (χ3v) is 3.69. The van der Waals surface area contributed by atoms with Crippen LogP contribution in [0.25, 0.3) is 6.08 Å². The summed E-state index contributed by atoms with van der Waals surface area (Å²) in [5.41, 5.74) is 2.67. The Morgan fingerprint density at radius 1 is 1.00 bits per heavy atom. The number of benzene rings is 2. The van der Waals surface area contributed by atoms with Crippen molar-refractivity contribution in [3.8, 4) is 5.75 Å². The summed E-state index contributed by atoms with van der Waals surface area (Å²) in [7, 11) is 3.97. The molecule has 2 rings (SSSR count). The predicted octanol–water partition coefficient (Wildman–Crippen LogP) is 4.01. The molecule has 0 saturated carbocycles. The van der Waals surface area contributed by atoms with Gasteiger partial charge in [0.25, 0.3) is 0 Å². The molecule has 0 aliphatic rings. The quantitative estimate of drug-likeness (QED) is 0.366. The Balaban J connectivity index is 1.86. The van der Waals surface area contributed by atoms with Gasteiger partial charge < -0.3 is 14.4 Å². The lowest BCUT2D eigenvalue weighted by molar-refractivity contribution is 0.0897. The molecule has 0 atom stereocenters. The molecule has 26 heavy (non-hydrogen) atoms. The second-order valence-corrected chi connectivity index (χ2v) is 5.86. The molecule has 0 N–H and O–H groups in total. The van der Waals surface area contributed by atoms with E-state index in [0.717, 1.165) is 11.3 Å². The maximum absolute atomic E-state index is 12.2. The van der Waals surface area contributed by atoms with Crippen LogP contribution in [0.1, 0.15) is 15.9 Å². The fourth-order valence-corrected chi connectivity index (χ4v) is 2.24. The van der Waals surface area contributed by atoms with Crippen LogP contribution in [0.2, 0.25) is 0 Å². The van der Waals surface area contributed by atoms with E-state index in [1.165, 1.54) is 0 Å². The second-order valence-electron chi connectivity index (χ2n) is 5.86. The van der Waals surface area contributed by atoms with E-state index >= 15 is 0 Å². The van der Waals surface area contributed by atoms with Gasteiger partial charge in [-0.15, -0.1) is 0 Å². The van der Waals surface area contributed by atoms with E-state index in [0.29, 0.717) is 24.5 Å². The summed E-state index contributed by atoms with van der Waals surface area (Å²) in [6.07, 6.45) is 3.36. The topological polar surface area (TPSA) is 38.8 Å². The first-order chi connectivity index (χ1) is 12.6. The van der Waals surface area contributed by atoms with E-state index in [2.05, 4.69) is 0 Å². The van der Waals surface area contributed by atoms with Gasteiger partial charge in [-0.3, -0.25) is 4.79 Å². The van der Waals surface area contributed by atoms with E-state index in [1.807, 2.05) is 43.3 Å². The zero-order valence-corrected chi connectivity index (χ0v) is 15.2. The molecular weight excluding hydrogens is 333 g/mol. The Bertz CT molecular complexity index is 709. The van der Waals surface area contributed by atoms with E-state index < -0.39 is 6.67 Å². The number of anilines is 1. The minimum atomic E-state index is -0.496. The van der Waals surface area contributed by atoms with Crippen molar-refractivity contribution in [2.45, 2.75) is 0 Å². The highest BCUT2D eigenvalue weighted by Crippen LogP contribution is 2.15. The summed E-state index contributed by atoms with van der Waals surface area (Å²) in [6, 6.07) is 14.9. The minimum absolute atomic E-state index is 0.0699. The van der Waals surface area contributed by atoms with Gasteiger partial charge >= 0.3 is 0 Å². The SMILES string of the molecule is CN(C)c1ccc(/C=C/C(=O)c2ccc(OCCOCCF)cc2)cc1. The molecule has 0 aliphatic carbocycles. The molecule has 0 radical (unpaired) electrons. The molecule has 138 valence electrons. The van der Waals surface area contributed by atoms with Gasteiger partial charge in [0.2, 0.25) is 0 Å². The Morgan fingerprint density at radius 3 is 2.31 bits per heavy atom. The van der Waals surface area contributed by atoms with Crippen LogP contribution < -0.4 is 9.64 Å². The van der Waals surface area contributed by atoms with Crippen LogP contribution in [0.5, 0.6) is 5.75 Å².